The quantitative estimate of drug-likeness (QED) is 0.496. The Kier molecular flexibility index (Phi) is 9.96. The van der Waals surface area contributed by atoms with E-state index in [-0.39, 0.29) is 47.4 Å². The van der Waals surface area contributed by atoms with Crippen molar-refractivity contribution in [3.05, 3.63) is 65.5 Å². The van der Waals surface area contributed by atoms with Crippen molar-refractivity contribution >= 4 is 24.2 Å². The zero-order valence-corrected chi connectivity index (χ0v) is 22.9. The van der Waals surface area contributed by atoms with Crippen LogP contribution in [0.25, 0.3) is 0 Å². The van der Waals surface area contributed by atoms with Crippen LogP contribution in [0.3, 0.4) is 0 Å². The highest BCUT2D eigenvalue weighted by molar-refractivity contribution is 5.85. The molecule has 1 N–H and O–H groups in total. The van der Waals surface area contributed by atoms with Gasteiger partial charge in [-0.25, -0.2) is 4.39 Å². The van der Waals surface area contributed by atoms with Crippen LogP contribution in [0.5, 0.6) is 5.75 Å². The smallest absolute Gasteiger partial charge is 0.223 e. The molecular weight excluding hydrogens is 493 g/mol. The highest BCUT2D eigenvalue weighted by Crippen LogP contribution is 2.41. The first kappa shape index (κ1) is 28.9. The molecule has 2 heterocycles. The molecule has 0 aliphatic carbocycles. The van der Waals surface area contributed by atoms with Crippen LogP contribution in [-0.2, 0) is 16.1 Å². The summed E-state index contributed by atoms with van der Waals surface area (Å²) in [6.45, 7) is 7.85. The average Bonchev–Trinajstić information content (AvgIpc) is 3.17. The van der Waals surface area contributed by atoms with Gasteiger partial charge in [-0.1, -0.05) is 38.1 Å². The van der Waals surface area contributed by atoms with Crippen LogP contribution in [-0.4, -0.2) is 54.9 Å². The molecule has 2 amide bonds. The van der Waals surface area contributed by atoms with Crippen molar-refractivity contribution in [2.75, 3.05) is 33.3 Å². The van der Waals surface area contributed by atoms with E-state index >= 15 is 0 Å². The molecule has 8 heteroatoms. The number of carbonyl (C=O) groups is 2. The molecule has 2 aromatic rings. The lowest BCUT2D eigenvalue weighted by molar-refractivity contribution is -0.128. The lowest BCUT2D eigenvalue weighted by Crippen LogP contribution is -2.43. The standard InChI is InChI=1S/C29H38FN3O3.ClH/c1-21(2)28(35)31-26(23-5-4-6-24(30)17-23)11-14-32-15-12-29(13-16-32)18-27(34)33(20-29)19-22-7-9-25(36-3)10-8-22;/h4-10,17,21,26H,11-16,18-20H2,1-3H3,(H,31,35);1H/t26-;/m0./s1. The van der Waals surface area contributed by atoms with E-state index < -0.39 is 0 Å². The number of nitrogens with one attached hydrogen (secondary N) is 1. The number of nitrogens with zero attached hydrogens (tertiary/aromatic N) is 2. The minimum absolute atomic E-state index is 0. The third-order valence-electron chi connectivity index (χ3n) is 7.68. The van der Waals surface area contributed by atoms with Crippen molar-refractivity contribution < 1.29 is 18.7 Å². The molecule has 1 spiro atoms. The van der Waals surface area contributed by atoms with Crippen LogP contribution in [0.15, 0.2) is 48.5 Å². The van der Waals surface area contributed by atoms with Crippen molar-refractivity contribution in [3.8, 4) is 5.75 Å². The van der Waals surface area contributed by atoms with Crippen molar-refractivity contribution in [3.63, 3.8) is 0 Å². The monoisotopic (exact) mass is 531 g/mol. The molecule has 1 atom stereocenters. The summed E-state index contributed by atoms with van der Waals surface area (Å²) in [5.41, 5.74) is 1.96. The van der Waals surface area contributed by atoms with Gasteiger partial charge < -0.3 is 19.9 Å². The Balaban J connectivity index is 0.00000380. The van der Waals surface area contributed by atoms with Crippen molar-refractivity contribution in [1.82, 2.24) is 15.1 Å². The average molecular weight is 532 g/mol. The summed E-state index contributed by atoms with van der Waals surface area (Å²) in [7, 11) is 1.65. The van der Waals surface area contributed by atoms with Gasteiger partial charge in [0.2, 0.25) is 11.8 Å². The molecule has 2 fully saturated rings. The van der Waals surface area contributed by atoms with Gasteiger partial charge >= 0.3 is 0 Å². The second kappa shape index (κ2) is 12.7. The second-order valence-corrected chi connectivity index (χ2v) is 10.7. The molecule has 2 aromatic carbocycles. The topological polar surface area (TPSA) is 61.9 Å². The molecule has 0 radical (unpaired) electrons. The van der Waals surface area contributed by atoms with E-state index in [4.69, 9.17) is 4.74 Å². The van der Waals surface area contributed by atoms with Gasteiger partial charge in [-0.15, -0.1) is 12.4 Å². The van der Waals surface area contributed by atoms with Crippen LogP contribution >= 0.6 is 12.4 Å². The fourth-order valence-electron chi connectivity index (χ4n) is 5.36. The molecule has 37 heavy (non-hydrogen) atoms. The summed E-state index contributed by atoms with van der Waals surface area (Å²) in [6, 6.07) is 14.2. The predicted octanol–water partition coefficient (Wildman–Crippen LogP) is 4.97. The molecule has 0 bridgehead atoms. The number of hydrogen-bond donors (Lipinski definition) is 1. The molecule has 6 nitrogen and oxygen atoms in total. The van der Waals surface area contributed by atoms with Gasteiger partial charge in [-0.2, -0.15) is 0 Å². The zero-order valence-electron chi connectivity index (χ0n) is 22.0. The molecular formula is C29H39ClFN3O3. The van der Waals surface area contributed by atoms with Crippen LogP contribution in [0.1, 0.15) is 56.7 Å². The number of amides is 2. The van der Waals surface area contributed by atoms with Crippen LogP contribution in [0.2, 0.25) is 0 Å². The number of piperidine rings is 1. The Bertz CT molecular complexity index is 1050. The summed E-state index contributed by atoms with van der Waals surface area (Å²) in [5.74, 6) is 0.613. The molecule has 2 aliphatic rings. The van der Waals surface area contributed by atoms with E-state index in [0.717, 1.165) is 62.3 Å². The Morgan fingerprint density at radius 1 is 1.14 bits per heavy atom. The predicted molar refractivity (Wildman–Crippen MR) is 145 cm³/mol. The van der Waals surface area contributed by atoms with Gasteiger partial charge in [-0.05, 0) is 73.2 Å². The van der Waals surface area contributed by atoms with Gasteiger partial charge in [0.1, 0.15) is 11.6 Å². The van der Waals surface area contributed by atoms with Crippen molar-refractivity contribution in [2.45, 2.75) is 52.1 Å². The summed E-state index contributed by atoms with van der Waals surface area (Å²) in [5, 5.41) is 3.10. The largest absolute Gasteiger partial charge is 0.497 e. The first-order valence-electron chi connectivity index (χ1n) is 13.0. The number of likely N-dealkylation sites (tertiary alicyclic amines) is 2. The SMILES string of the molecule is COc1ccc(CN2CC3(CCN(CC[C@H](NC(=O)C(C)C)c4cccc(F)c4)CC3)CC2=O)cc1.Cl. The molecule has 202 valence electrons. The third kappa shape index (κ3) is 7.45. The minimum atomic E-state index is -0.290. The molecule has 0 aromatic heterocycles. The molecule has 2 saturated heterocycles. The Morgan fingerprint density at radius 2 is 1.84 bits per heavy atom. The van der Waals surface area contributed by atoms with Gasteiger partial charge in [0.15, 0.2) is 0 Å². The summed E-state index contributed by atoms with van der Waals surface area (Å²) in [4.78, 5) is 29.6. The Hall–Kier alpha value is -2.64. The fourth-order valence-corrected chi connectivity index (χ4v) is 5.36. The maximum Gasteiger partial charge on any atom is 0.223 e. The van der Waals surface area contributed by atoms with Crippen LogP contribution < -0.4 is 10.1 Å². The number of carbonyl (C=O) groups excluding carboxylic acids is 2. The first-order chi connectivity index (χ1) is 17.3. The third-order valence-corrected chi connectivity index (χ3v) is 7.68. The van der Waals surface area contributed by atoms with Gasteiger partial charge in [0.25, 0.3) is 0 Å². The number of rotatable bonds is 9. The van der Waals surface area contributed by atoms with E-state index in [1.165, 1.54) is 12.1 Å². The number of halogens is 2. The van der Waals surface area contributed by atoms with Crippen molar-refractivity contribution in [1.29, 1.82) is 0 Å². The van der Waals surface area contributed by atoms with E-state index in [2.05, 4.69) is 10.2 Å². The molecule has 0 saturated carbocycles. The Morgan fingerprint density at radius 3 is 2.46 bits per heavy atom. The zero-order chi connectivity index (χ0) is 25.7. The molecule has 0 unspecified atom stereocenters. The van der Waals surface area contributed by atoms with E-state index in [1.807, 2.05) is 49.1 Å². The fraction of sp³-hybridized carbons (Fsp3) is 0.517. The number of methoxy groups -OCH3 is 1. The van der Waals surface area contributed by atoms with Gasteiger partial charge in [0.05, 0.1) is 13.2 Å². The van der Waals surface area contributed by atoms with E-state index in [1.54, 1.807) is 13.2 Å². The van der Waals surface area contributed by atoms with Gasteiger partial charge in [0, 0.05) is 32.0 Å². The maximum absolute atomic E-state index is 13.9. The van der Waals surface area contributed by atoms with E-state index in [9.17, 15) is 14.0 Å². The second-order valence-electron chi connectivity index (χ2n) is 10.7. The summed E-state index contributed by atoms with van der Waals surface area (Å²) in [6.07, 6.45) is 3.31. The lowest BCUT2D eigenvalue weighted by atomic mass is 9.77. The number of ether oxygens (including phenoxy) is 1. The van der Waals surface area contributed by atoms with Crippen LogP contribution in [0.4, 0.5) is 4.39 Å². The van der Waals surface area contributed by atoms with Crippen LogP contribution in [0, 0.1) is 17.2 Å². The minimum Gasteiger partial charge on any atom is -0.497 e. The lowest BCUT2D eigenvalue weighted by Gasteiger charge is -2.39. The first-order valence-corrected chi connectivity index (χ1v) is 13.0. The van der Waals surface area contributed by atoms with Crippen molar-refractivity contribution in [2.24, 2.45) is 11.3 Å². The highest BCUT2D eigenvalue weighted by Gasteiger charge is 2.44. The maximum atomic E-state index is 13.9. The van der Waals surface area contributed by atoms with Gasteiger partial charge in [-0.3, -0.25) is 9.59 Å². The summed E-state index contributed by atoms with van der Waals surface area (Å²) >= 11 is 0. The Labute approximate surface area is 226 Å². The normalized spacial score (nSPS) is 18.1. The summed E-state index contributed by atoms with van der Waals surface area (Å²) < 4.78 is 19.1. The highest BCUT2D eigenvalue weighted by atomic mass is 35.5. The molecule has 4 rings (SSSR count). The number of benzene rings is 2. The number of hydrogen-bond acceptors (Lipinski definition) is 4. The molecule has 2 aliphatic heterocycles. The van der Waals surface area contributed by atoms with E-state index in [0.29, 0.717) is 13.0 Å².